The molecule has 24 heavy (non-hydrogen) atoms. The van der Waals surface area contributed by atoms with Gasteiger partial charge in [0, 0.05) is 17.1 Å². The van der Waals surface area contributed by atoms with Crippen LogP contribution in [0.3, 0.4) is 0 Å². The van der Waals surface area contributed by atoms with Crippen molar-refractivity contribution in [1.82, 2.24) is 10.3 Å². The molecule has 3 rings (SSSR count). The highest BCUT2D eigenvalue weighted by atomic mass is 16.3. The Hall–Kier alpha value is -2.92. The quantitative estimate of drug-likeness (QED) is 0.670. The van der Waals surface area contributed by atoms with Crippen LogP contribution in [-0.2, 0) is 6.42 Å². The van der Waals surface area contributed by atoms with E-state index in [0.29, 0.717) is 17.3 Å². The number of benzene rings is 2. The molecule has 3 aromatic rings. The molecule has 1 atom stereocenters. The Balaban J connectivity index is 1.81. The van der Waals surface area contributed by atoms with Crippen molar-refractivity contribution in [3.63, 3.8) is 0 Å². The highest BCUT2D eigenvalue weighted by molar-refractivity contribution is 5.97. The summed E-state index contributed by atoms with van der Waals surface area (Å²) in [6, 6.07) is 16.2. The summed E-state index contributed by atoms with van der Waals surface area (Å²) in [5, 5.41) is 12.7. The molecule has 122 valence electrons. The number of H-pyrrole nitrogens is 1. The third-order valence-corrected chi connectivity index (χ3v) is 3.91. The molecule has 1 aromatic heterocycles. The third-order valence-electron chi connectivity index (χ3n) is 3.91. The van der Waals surface area contributed by atoms with Gasteiger partial charge in [-0.3, -0.25) is 9.59 Å². The van der Waals surface area contributed by atoms with E-state index in [2.05, 4.69) is 10.3 Å². The lowest BCUT2D eigenvalue weighted by Gasteiger charge is -2.16. The molecular weight excluding hydrogens is 304 g/mol. The zero-order valence-electron chi connectivity index (χ0n) is 13.0. The van der Waals surface area contributed by atoms with Gasteiger partial charge in [-0.2, -0.15) is 0 Å². The summed E-state index contributed by atoms with van der Waals surface area (Å²) in [6.45, 7) is -0.202. The maximum Gasteiger partial charge on any atom is 0.257 e. The standard InChI is InChI=1S/C19H18N2O3/c22-12-14(10-13-6-2-1-3-7-13)21-19(24)16-11-20-17-9-5-4-8-15(17)18(16)23/h1-9,11,14,22H,10,12H2,(H,20,23)(H,21,24). The van der Waals surface area contributed by atoms with Gasteiger partial charge >= 0.3 is 0 Å². The first-order valence-electron chi connectivity index (χ1n) is 7.75. The fraction of sp³-hybridized carbons (Fsp3) is 0.158. The first kappa shape index (κ1) is 16.0. The number of carbonyl (C=O) groups excluding carboxylic acids is 1. The molecule has 0 bridgehead atoms. The summed E-state index contributed by atoms with van der Waals surface area (Å²) < 4.78 is 0. The average Bonchev–Trinajstić information content (AvgIpc) is 2.62. The minimum atomic E-state index is -0.489. The molecule has 0 radical (unpaired) electrons. The second-order valence-corrected chi connectivity index (χ2v) is 5.62. The van der Waals surface area contributed by atoms with Crippen LogP contribution in [0.5, 0.6) is 0 Å². The SMILES string of the molecule is O=C(NC(CO)Cc1ccccc1)c1c[nH]c2ccccc2c1=O. The monoisotopic (exact) mass is 322 g/mol. The second kappa shape index (κ2) is 7.10. The predicted molar refractivity (Wildman–Crippen MR) is 93.1 cm³/mol. The van der Waals surface area contributed by atoms with Gasteiger partial charge in [0.05, 0.1) is 12.6 Å². The van der Waals surface area contributed by atoms with E-state index < -0.39 is 11.9 Å². The lowest BCUT2D eigenvalue weighted by atomic mass is 10.1. The number of aliphatic hydroxyl groups excluding tert-OH is 1. The number of rotatable bonds is 5. The van der Waals surface area contributed by atoms with Crippen molar-refractivity contribution >= 4 is 16.8 Å². The zero-order valence-corrected chi connectivity index (χ0v) is 13.0. The lowest BCUT2D eigenvalue weighted by Crippen LogP contribution is -2.40. The van der Waals surface area contributed by atoms with E-state index in [1.807, 2.05) is 36.4 Å². The van der Waals surface area contributed by atoms with Crippen LogP contribution in [0.15, 0.2) is 65.6 Å². The van der Waals surface area contributed by atoms with Crippen LogP contribution in [0.1, 0.15) is 15.9 Å². The molecule has 0 aliphatic heterocycles. The second-order valence-electron chi connectivity index (χ2n) is 5.62. The minimum absolute atomic E-state index is 0.0419. The summed E-state index contributed by atoms with van der Waals surface area (Å²) in [6.07, 6.45) is 1.91. The van der Waals surface area contributed by atoms with Crippen LogP contribution in [0.2, 0.25) is 0 Å². The number of aromatic amines is 1. The Morgan fingerprint density at radius 3 is 2.54 bits per heavy atom. The molecule has 0 saturated heterocycles. The number of aromatic nitrogens is 1. The van der Waals surface area contributed by atoms with Gasteiger partial charge in [0.25, 0.3) is 5.91 Å². The topological polar surface area (TPSA) is 82.2 Å². The Labute approximate surface area is 139 Å². The number of hydrogen-bond acceptors (Lipinski definition) is 3. The average molecular weight is 322 g/mol. The van der Waals surface area contributed by atoms with E-state index in [1.165, 1.54) is 6.20 Å². The molecule has 0 spiro atoms. The van der Waals surface area contributed by atoms with Gasteiger partial charge in [0.2, 0.25) is 5.43 Å². The summed E-state index contributed by atoms with van der Waals surface area (Å²) in [4.78, 5) is 27.8. The van der Waals surface area contributed by atoms with Crippen molar-refractivity contribution < 1.29 is 9.90 Å². The van der Waals surface area contributed by atoms with Gasteiger partial charge in [-0.1, -0.05) is 42.5 Å². The van der Waals surface area contributed by atoms with E-state index >= 15 is 0 Å². The van der Waals surface area contributed by atoms with Crippen LogP contribution in [0, 0.1) is 0 Å². The van der Waals surface area contributed by atoms with Crippen molar-refractivity contribution in [2.45, 2.75) is 12.5 Å². The lowest BCUT2D eigenvalue weighted by molar-refractivity contribution is 0.0915. The Bertz CT molecular complexity index is 903. The fourth-order valence-corrected chi connectivity index (χ4v) is 2.66. The maximum absolute atomic E-state index is 12.5. The van der Waals surface area contributed by atoms with E-state index in [1.54, 1.807) is 18.2 Å². The van der Waals surface area contributed by atoms with Crippen molar-refractivity contribution in [2.75, 3.05) is 6.61 Å². The number of nitrogens with one attached hydrogen (secondary N) is 2. The van der Waals surface area contributed by atoms with Gasteiger partial charge in [0.1, 0.15) is 5.56 Å². The van der Waals surface area contributed by atoms with Crippen LogP contribution < -0.4 is 10.7 Å². The van der Waals surface area contributed by atoms with Gasteiger partial charge in [-0.25, -0.2) is 0 Å². The number of hydrogen-bond donors (Lipinski definition) is 3. The molecule has 0 aliphatic carbocycles. The summed E-state index contributed by atoms with van der Waals surface area (Å²) in [7, 11) is 0. The molecule has 1 heterocycles. The summed E-state index contributed by atoms with van der Waals surface area (Å²) in [5.74, 6) is -0.489. The number of para-hydroxylation sites is 1. The first-order chi connectivity index (χ1) is 11.7. The number of pyridine rings is 1. The molecule has 1 unspecified atom stereocenters. The van der Waals surface area contributed by atoms with Gasteiger partial charge in [0.15, 0.2) is 0 Å². The number of fused-ring (bicyclic) bond motifs is 1. The fourth-order valence-electron chi connectivity index (χ4n) is 2.66. The van der Waals surface area contributed by atoms with Gasteiger partial charge in [-0.15, -0.1) is 0 Å². The Morgan fingerprint density at radius 2 is 1.79 bits per heavy atom. The van der Waals surface area contributed by atoms with Crippen LogP contribution in [0.4, 0.5) is 0 Å². The van der Waals surface area contributed by atoms with E-state index in [4.69, 9.17) is 0 Å². The van der Waals surface area contributed by atoms with Crippen LogP contribution >= 0.6 is 0 Å². The van der Waals surface area contributed by atoms with Crippen LogP contribution in [-0.4, -0.2) is 28.6 Å². The Morgan fingerprint density at radius 1 is 1.08 bits per heavy atom. The molecule has 0 fully saturated rings. The Kier molecular flexibility index (Phi) is 4.72. The minimum Gasteiger partial charge on any atom is -0.394 e. The predicted octanol–water partition coefficient (Wildman–Crippen LogP) is 1.86. The van der Waals surface area contributed by atoms with Crippen molar-refractivity contribution in [3.05, 3.63) is 82.1 Å². The van der Waals surface area contributed by atoms with E-state index in [-0.39, 0.29) is 17.6 Å². The largest absolute Gasteiger partial charge is 0.394 e. The molecule has 0 saturated carbocycles. The molecule has 2 aromatic carbocycles. The third kappa shape index (κ3) is 3.36. The van der Waals surface area contributed by atoms with E-state index in [0.717, 1.165) is 5.56 Å². The van der Waals surface area contributed by atoms with Gasteiger partial charge in [-0.05, 0) is 24.1 Å². The van der Waals surface area contributed by atoms with E-state index in [9.17, 15) is 14.7 Å². The molecule has 3 N–H and O–H groups in total. The summed E-state index contributed by atoms with van der Waals surface area (Å²) >= 11 is 0. The molecule has 1 amide bonds. The van der Waals surface area contributed by atoms with Crippen molar-refractivity contribution in [2.24, 2.45) is 0 Å². The first-order valence-corrected chi connectivity index (χ1v) is 7.75. The molecule has 5 nitrogen and oxygen atoms in total. The molecular formula is C19H18N2O3. The zero-order chi connectivity index (χ0) is 16.9. The highest BCUT2D eigenvalue weighted by Crippen LogP contribution is 2.08. The number of aliphatic hydroxyl groups is 1. The highest BCUT2D eigenvalue weighted by Gasteiger charge is 2.17. The van der Waals surface area contributed by atoms with Gasteiger partial charge < -0.3 is 15.4 Å². The smallest absolute Gasteiger partial charge is 0.257 e. The summed E-state index contributed by atoms with van der Waals surface area (Å²) in [5.41, 5.74) is 1.41. The van der Waals surface area contributed by atoms with Crippen molar-refractivity contribution in [3.8, 4) is 0 Å². The molecule has 5 heteroatoms. The molecule has 0 aliphatic rings. The number of carbonyl (C=O) groups is 1. The maximum atomic E-state index is 12.5. The van der Waals surface area contributed by atoms with Crippen LogP contribution in [0.25, 0.3) is 10.9 Å². The van der Waals surface area contributed by atoms with Crippen molar-refractivity contribution in [1.29, 1.82) is 0 Å². The normalized spacial score (nSPS) is 12.0. The number of amides is 1.